The number of pyridine rings is 2. The van der Waals surface area contributed by atoms with Crippen molar-refractivity contribution in [1.82, 2.24) is 64.0 Å². The SMILES string of the molecule is C.Cn1ccc(-c2cc(-c3cnc(N4C[C@@H]5CC(C)(N)C[C@@H]5C4)cn3)c3c(C#N)cnn3c2)n1.Cn1ccc(-c2cc(-c3cnc(N4C[C@@H]5CC(C)(NC(=O)c6c(F)cccc6Cl)C[C@@H]5C4)cn3)c3c(C#N)cnn3c2)n1.O=C(O)c1c(F)cccc1Cl. The third-order valence-electron chi connectivity index (χ3n) is 16.8. The van der Waals surface area contributed by atoms with Gasteiger partial charge >= 0.3 is 5.97 Å². The Labute approximate surface area is 514 Å². The molecule has 4 aliphatic rings. The molecule has 0 spiro atoms. The molecule has 14 rings (SSSR count). The molecule has 10 aromatic rings. The molecule has 4 N–H and O–H groups in total. The molecule has 2 saturated carbocycles. The van der Waals surface area contributed by atoms with E-state index in [1.54, 1.807) is 49.4 Å². The number of carboxylic acids is 1. The van der Waals surface area contributed by atoms with Gasteiger partial charge in [-0.3, -0.25) is 24.1 Å². The van der Waals surface area contributed by atoms with E-state index >= 15 is 0 Å². The van der Waals surface area contributed by atoms with Crippen LogP contribution >= 0.6 is 23.2 Å². The first-order valence-corrected chi connectivity index (χ1v) is 28.7. The molecule has 4 fully saturated rings. The van der Waals surface area contributed by atoms with Gasteiger partial charge in [0.25, 0.3) is 5.91 Å². The number of carbonyl (C=O) groups excluding carboxylic acids is 1. The largest absolute Gasteiger partial charge is 0.478 e. The number of nitrogens with zero attached hydrogens (tertiary/aromatic N) is 16. The maximum atomic E-state index is 14.3. The summed E-state index contributed by atoms with van der Waals surface area (Å²) < 4.78 is 33.9. The first-order valence-electron chi connectivity index (χ1n) is 27.9. The van der Waals surface area contributed by atoms with E-state index in [4.69, 9.17) is 54.0 Å². The fraction of sp³-hybridized carbons (Fsp3) is 0.302. The lowest BCUT2D eigenvalue weighted by molar-refractivity contribution is 0.0691. The highest BCUT2D eigenvalue weighted by molar-refractivity contribution is 6.34. The Balaban J connectivity index is 0.000000157. The molecule has 0 bridgehead atoms. The van der Waals surface area contributed by atoms with Gasteiger partial charge < -0.3 is 26.0 Å². The summed E-state index contributed by atoms with van der Waals surface area (Å²) >= 11 is 11.5. The number of fused-ring (bicyclic) bond motifs is 4. The summed E-state index contributed by atoms with van der Waals surface area (Å²) in [5.41, 5.74) is 13.9. The average Bonchev–Trinajstić information content (AvgIpc) is 1.75. The van der Waals surface area contributed by atoms with E-state index in [0.29, 0.717) is 51.7 Å². The van der Waals surface area contributed by atoms with Gasteiger partial charge in [-0.15, -0.1) is 0 Å². The minimum atomic E-state index is -1.35. The molecule has 2 unspecified atom stereocenters. The number of aromatic nitrogens is 12. The quantitative estimate of drug-likeness (QED) is 0.121. The number of nitrogens with one attached hydrogen (secondary N) is 1. The zero-order valence-electron chi connectivity index (χ0n) is 47.5. The van der Waals surface area contributed by atoms with Crippen molar-refractivity contribution in [2.75, 3.05) is 36.0 Å². The van der Waals surface area contributed by atoms with Crippen LogP contribution in [0.15, 0.2) is 123 Å². The van der Waals surface area contributed by atoms with Crippen molar-refractivity contribution in [3.8, 4) is 57.2 Å². The molecule has 2 saturated heterocycles. The second-order valence-electron chi connectivity index (χ2n) is 23.3. The Morgan fingerprint density at radius 2 is 1.07 bits per heavy atom. The third-order valence-corrected chi connectivity index (χ3v) is 17.4. The first-order chi connectivity index (χ1) is 41.7. The van der Waals surface area contributed by atoms with Crippen LogP contribution in [0.1, 0.15) is 78.8 Å². The summed E-state index contributed by atoms with van der Waals surface area (Å²) in [6.07, 6.45) is 21.5. The van der Waals surface area contributed by atoms with Crippen LogP contribution in [0.3, 0.4) is 0 Å². The van der Waals surface area contributed by atoms with E-state index in [1.807, 2.05) is 76.3 Å². The first kappa shape index (κ1) is 60.0. The number of aryl methyl sites for hydroxylation is 2. The van der Waals surface area contributed by atoms with E-state index in [0.717, 1.165) is 109 Å². The topological polar surface area (TPSA) is 268 Å². The number of benzene rings is 2. The van der Waals surface area contributed by atoms with E-state index in [1.165, 1.54) is 30.3 Å². The molecule has 8 aromatic heterocycles. The fourth-order valence-corrected chi connectivity index (χ4v) is 13.5. The number of rotatable bonds is 9. The summed E-state index contributed by atoms with van der Waals surface area (Å²) in [4.78, 5) is 46.8. The number of amides is 1. The van der Waals surface area contributed by atoms with E-state index in [-0.39, 0.29) is 28.6 Å². The zero-order valence-corrected chi connectivity index (χ0v) is 49.0. The Bertz CT molecular complexity index is 4320. The molecule has 2 aliphatic heterocycles. The van der Waals surface area contributed by atoms with Crippen molar-refractivity contribution in [2.24, 2.45) is 43.5 Å². The van der Waals surface area contributed by atoms with Gasteiger partial charge in [0.15, 0.2) is 0 Å². The van der Waals surface area contributed by atoms with Gasteiger partial charge in [0, 0.05) is 98.4 Å². The molecule has 1 amide bonds. The highest BCUT2D eigenvalue weighted by Crippen LogP contribution is 2.46. The zero-order chi connectivity index (χ0) is 61.1. The van der Waals surface area contributed by atoms with Crippen molar-refractivity contribution < 1.29 is 23.5 Å². The predicted molar refractivity (Wildman–Crippen MR) is 328 cm³/mol. The highest BCUT2D eigenvalue weighted by atomic mass is 35.5. The maximum absolute atomic E-state index is 14.3. The Morgan fingerprint density at radius 3 is 1.43 bits per heavy atom. The summed E-state index contributed by atoms with van der Waals surface area (Å²) in [6, 6.07) is 20.3. The van der Waals surface area contributed by atoms with Crippen LogP contribution in [-0.4, -0.2) is 113 Å². The molecule has 0 radical (unpaired) electrons. The van der Waals surface area contributed by atoms with Crippen LogP contribution in [0.2, 0.25) is 10.0 Å². The highest BCUT2D eigenvalue weighted by Gasteiger charge is 2.48. The standard InChI is InChI=1S/C31H27ClFN9O.C24H25N9.C7H4ClFO2.CH4/c1-31(38-30(43)28-23(32)4-3-5-24(28)33)9-19-15-41(16-20(19)10-31)27-14-35-26(13-36-27)22-8-18(25-6-7-40(2)39-25)17-42-29(22)21(11-34)12-37-42;1-24(26)6-16-12-32(13-17(16)7-24)22-11-27-21(10-28-22)19-5-15(20-3-4-31(2)30-20)14-33-23(19)18(8-25)9-29-33;8-4-2-1-3-5(9)6(4)7(10)11;/h3-8,12-14,17,19-20H,9-10,15-16H2,1-2H3,(H,38,43);3-5,9-11,14,16-17H,6-7,12-13,26H2,1-2H3;1-3H,(H,10,11);1H4/t19-,20+,31?;16-,17+,24?;;. The number of aromatic carboxylic acids is 1. The molecule has 448 valence electrons. The Kier molecular flexibility index (Phi) is 16.3. The molecule has 88 heavy (non-hydrogen) atoms. The Hall–Kier alpha value is -9.68. The lowest BCUT2D eigenvalue weighted by Gasteiger charge is -2.29. The maximum Gasteiger partial charge on any atom is 0.340 e. The van der Waals surface area contributed by atoms with Crippen molar-refractivity contribution in [3.63, 3.8) is 0 Å². The van der Waals surface area contributed by atoms with Gasteiger partial charge in [0.2, 0.25) is 0 Å². The van der Waals surface area contributed by atoms with Crippen LogP contribution in [0.5, 0.6) is 0 Å². The number of halogens is 4. The molecule has 2 aromatic carbocycles. The minimum absolute atomic E-state index is 0. The number of carboxylic acid groups (broad SMARTS) is 1. The Morgan fingerprint density at radius 1 is 0.636 bits per heavy atom. The van der Waals surface area contributed by atoms with Crippen LogP contribution in [0.4, 0.5) is 20.4 Å². The summed E-state index contributed by atoms with van der Waals surface area (Å²) in [5, 5.41) is 48.6. The lowest BCUT2D eigenvalue weighted by Crippen LogP contribution is -2.45. The van der Waals surface area contributed by atoms with Crippen LogP contribution in [0, 0.1) is 58.0 Å². The van der Waals surface area contributed by atoms with Gasteiger partial charge in [-0.1, -0.05) is 42.8 Å². The molecule has 6 atom stereocenters. The number of anilines is 2. The minimum Gasteiger partial charge on any atom is -0.478 e. The molecule has 10 heterocycles. The van der Waals surface area contributed by atoms with Gasteiger partial charge in [-0.25, -0.2) is 32.6 Å². The van der Waals surface area contributed by atoms with Crippen molar-refractivity contribution in [3.05, 3.63) is 167 Å². The van der Waals surface area contributed by atoms with Crippen LogP contribution in [0.25, 0.3) is 56.1 Å². The number of nitriles is 2. The third kappa shape index (κ3) is 11.8. The number of carbonyl (C=O) groups is 2. The number of hydrogen-bond donors (Lipinski definition) is 3. The van der Waals surface area contributed by atoms with Crippen LogP contribution in [-0.2, 0) is 14.1 Å². The van der Waals surface area contributed by atoms with Crippen LogP contribution < -0.4 is 20.9 Å². The predicted octanol–water partition coefficient (Wildman–Crippen LogP) is 10.3. The van der Waals surface area contributed by atoms with E-state index in [9.17, 15) is 28.9 Å². The summed E-state index contributed by atoms with van der Waals surface area (Å²) in [6.45, 7) is 7.70. The van der Waals surface area contributed by atoms with Gasteiger partial charge in [0.05, 0.1) is 97.7 Å². The van der Waals surface area contributed by atoms with Gasteiger partial charge in [0.1, 0.15) is 41.0 Å². The average molecular weight is 1230 g/mol. The smallest absolute Gasteiger partial charge is 0.340 e. The summed E-state index contributed by atoms with van der Waals surface area (Å²) in [5.74, 6) is 0.334. The normalized spacial score (nSPS) is 20.7. The van der Waals surface area contributed by atoms with Crippen molar-refractivity contribution in [2.45, 2.75) is 58.0 Å². The number of hydrogen-bond acceptors (Lipinski definition) is 15. The monoisotopic (exact) mass is 1220 g/mol. The fourth-order valence-electron chi connectivity index (χ4n) is 13.0. The molecular formula is C63H60Cl2F2N18O3. The van der Waals surface area contributed by atoms with E-state index in [2.05, 4.69) is 54.6 Å². The van der Waals surface area contributed by atoms with Gasteiger partial charge in [-0.05, 0) is 112 Å². The molecule has 2 aliphatic carbocycles. The molecular weight excluding hydrogens is 1170 g/mol. The number of nitrogens with two attached hydrogens (primary N) is 1. The van der Waals surface area contributed by atoms with Gasteiger partial charge in [-0.2, -0.15) is 30.9 Å². The second kappa shape index (κ2) is 23.9. The molecule has 21 nitrogen and oxygen atoms in total. The lowest BCUT2D eigenvalue weighted by atomic mass is 9.97. The summed E-state index contributed by atoms with van der Waals surface area (Å²) in [7, 11) is 3.75. The second-order valence-corrected chi connectivity index (χ2v) is 24.1. The van der Waals surface area contributed by atoms with Crippen molar-refractivity contribution in [1.29, 1.82) is 10.5 Å². The van der Waals surface area contributed by atoms with E-state index < -0.39 is 34.6 Å². The van der Waals surface area contributed by atoms with Crippen molar-refractivity contribution >= 4 is 57.7 Å². The molecule has 25 heteroatoms.